The Balaban J connectivity index is 0.545. The first kappa shape index (κ1) is 61.1. The molecule has 114 heavy (non-hydrogen) atoms. The zero-order valence-electron chi connectivity index (χ0n) is 61.5. The summed E-state index contributed by atoms with van der Waals surface area (Å²) in [6.07, 6.45) is 12.2. The van der Waals surface area contributed by atoms with Crippen LogP contribution >= 0.6 is 18.6 Å². The molecule has 3 heteroatoms. The third kappa shape index (κ3) is 7.34. The summed E-state index contributed by atoms with van der Waals surface area (Å²) in [7, 11) is 0. The van der Waals surface area contributed by atoms with Crippen molar-refractivity contribution in [1.82, 2.24) is 0 Å². The minimum atomic E-state index is -0.102. The molecule has 4 atom stereocenters. The van der Waals surface area contributed by atoms with Gasteiger partial charge in [-0.25, -0.2) is 0 Å². The van der Waals surface area contributed by atoms with Crippen molar-refractivity contribution in [3.63, 3.8) is 0 Å². The van der Waals surface area contributed by atoms with Crippen LogP contribution in [0.4, 0.5) is 0 Å². The van der Waals surface area contributed by atoms with Gasteiger partial charge >= 0.3 is 272 Å². The number of aryl methyl sites for hydroxylation is 1. The van der Waals surface area contributed by atoms with Crippen LogP contribution in [0.3, 0.4) is 0 Å². The van der Waals surface area contributed by atoms with Crippen molar-refractivity contribution in [2.75, 3.05) is 0 Å². The molecule has 0 heterocycles. The molecule has 0 bridgehead atoms. The largest absolute Gasteiger partial charge is 0.0616 e. The fraction of sp³-hybridized carbons (Fsp3) is 0.0450. The van der Waals surface area contributed by atoms with Crippen molar-refractivity contribution in [2.45, 2.75) is 18.8 Å². The van der Waals surface area contributed by atoms with E-state index in [2.05, 4.69) is 341 Å². The summed E-state index contributed by atoms with van der Waals surface area (Å²) < 4.78 is 8.46. The number of hydrogen-bond donors (Lipinski definition) is 0. The number of allylic oxidation sites excluding steroid dienone is 10. The Morgan fingerprint density at radius 3 is 1.48 bits per heavy atom. The standard InChI is InChI=1S/C111H59I2O/c1-54-13-5-7-17-63(54)93-91-51-59-49-57(25-30-65(59)94-69-21-11-12-22-70(69)104(111(91)94)109-87-48-44-80-75-37-34-72-67-20-10-9-19-66(67)71-33-36-74(98(75)96(71)72)79-42-46-85(107(93)109)103(87)101(79)80)55-23-27-61(28-24-55)114-62-29-32-68-73-35-38-76-78-41-45-84-102-86(47-43-81(100(78)102)77-39-40-82(88(68)53-62)97(73)99(76)77)108-105-83-31-26-60(113-112)52-89(83)95-64-18-8-6-16-58(64)50-90(110(95)105)92(106(84)108)56-14-3-2-4-15-56/h2-53,58,64,105,108H,1H3/q-1. The van der Waals surface area contributed by atoms with Gasteiger partial charge in [0, 0.05) is 0 Å². The van der Waals surface area contributed by atoms with E-state index in [1.807, 2.05) is 0 Å². The molecule has 1 nitrogen and oxygen atoms in total. The second kappa shape index (κ2) is 21.4. The van der Waals surface area contributed by atoms with Crippen LogP contribution in [-0.4, -0.2) is 0 Å². The molecule has 0 spiro atoms. The van der Waals surface area contributed by atoms with Gasteiger partial charge in [-0.3, -0.25) is 0 Å². The molecule has 22 aromatic carbocycles. The van der Waals surface area contributed by atoms with Crippen LogP contribution in [0.2, 0.25) is 0 Å². The molecule has 29 rings (SSSR count). The van der Waals surface area contributed by atoms with Crippen molar-refractivity contribution in [3.05, 3.63) is 364 Å². The van der Waals surface area contributed by atoms with Gasteiger partial charge in [0.15, 0.2) is 0 Å². The molecule has 4 unspecified atom stereocenters. The first-order valence-electron chi connectivity index (χ1n) is 40.2. The SMILES string of the molecule is Cc1ccccc1-c1c2cc3cc(-c4ccc(Oc5ccc6c(c5)-c5ccc7c8ccc9c%10c(ccc(c%11ccc-6c5c%117)c%108)C5=C(c6ccccc6)C6=CC7C=CC=CC7C7=C6C(c6ccc([I-]I)cc67)C59)cc4)ccc3c3c4ccccc4c(c4c5ccc6c7ccc8c9c(ccc(c%10ccc(c14)c5c%106)c97)-c1ccccc1-8)c23. The Bertz CT molecular complexity index is 8460. The molecule has 0 aromatic heterocycles. The number of ether oxygens (including phenoxy) is 1. The third-order valence-electron chi connectivity index (χ3n) is 28.5. The Morgan fingerprint density at radius 1 is 0.289 bits per heavy atom. The monoisotopic (exact) mass is 1660 g/mol. The molecule has 22 aromatic rings. The van der Waals surface area contributed by atoms with E-state index in [9.17, 15) is 0 Å². The molecule has 0 saturated heterocycles. The molecule has 0 fully saturated rings. The molecule has 0 amide bonds. The van der Waals surface area contributed by atoms with Crippen LogP contribution in [0.5, 0.6) is 11.5 Å². The van der Waals surface area contributed by atoms with Crippen molar-refractivity contribution in [1.29, 1.82) is 0 Å². The van der Waals surface area contributed by atoms with Gasteiger partial charge in [-0.15, -0.1) is 0 Å². The van der Waals surface area contributed by atoms with Crippen LogP contribution in [0.1, 0.15) is 45.2 Å². The minimum Gasteiger partial charge on any atom is -0.0616 e. The second-order valence-electron chi connectivity index (χ2n) is 33.4. The smallest absolute Gasteiger partial charge is 0.000695 e. The number of halogens is 2. The number of benzene rings is 20. The quantitative estimate of drug-likeness (QED) is 0.0916. The second-order valence-corrected chi connectivity index (χ2v) is 37.8. The first-order valence-corrected chi connectivity index (χ1v) is 47.5. The Kier molecular flexibility index (Phi) is 11.5. The van der Waals surface area contributed by atoms with Gasteiger partial charge in [-0.1, -0.05) is 164 Å². The van der Waals surface area contributed by atoms with Crippen LogP contribution in [-0.2, 0) is 0 Å². The minimum absolute atomic E-state index is 0.102. The summed E-state index contributed by atoms with van der Waals surface area (Å²) in [4.78, 5) is 0. The van der Waals surface area contributed by atoms with Crippen molar-refractivity contribution in [3.8, 4) is 78.3 Å². The molecule has 7 aliphatic rings. The van der Waals surface area contributed by atoms with Gasteiger partial charge in [0.1, 0.15) is 11.5 Å². The van der Waals surface area contributed by atoms with E-state index in [0.29, 0.717) is 11.8 Å². The van der Waals surface area contributed by atoms with Gasteiger partial charge in [0.05, 0.1) is 0 Å². The summed E-state index contributed by atoms with van der Waals surface area (Å²) in [5, 5.41) is 37.6. The van der Waals surface area contributed by atoms with Crippen LogP contribution in [0.25, 0.3) is 234 Å². The van der Waals surface area contributed by atoms with Crippen molar-refractivity contribution in [2.24, 2.45) is 11.8 Å². The van der Waals surface area contributed by atoms with Crippen LogP contribution < -0.4 is 22.0 Å². The van der Waals surface area contributed by atoms with E-state index in [1.165, 1.54) is 266 Å². The van der Waals surface area contributed by atoms with Gasteiger partial charge in [0.25, 0.3) is 0 Å². The summed E-state index contributed by atoms with van der Waals surface area (Å²) in [6, 6.07) is 111. The Labute approximate surface area is 674 Å². The molecule has 7 aliphatic carbocycles. The van der Waals surface area contributed by atoms with E-state index >= 15 is 0 Å². The average molecular weight is 1660 g/mol. The predicted octanol–water partition coefficient (Wildman–Crippen LogP) is 27.8. The van der Waals surface area contributed by atoms with Crippen LogP contribution in [0.15, 0.2) is 327 Å². The number of fused-ring (bicyclic) bond motifs is 28. The normalized spacial score (nSPS) is 17.4. The maximum Gasteiger partial charge on any atom is -0.000695 e. The topological polar surface area (TPSA) is 9.23 Å². The van der Waals surface area contributed by atoms with E-state index in [-0.39, 0.29) is 29.1 Å². The predicted molar refractivity (Wildman–Crippen MR) is 485 cm³/mol. The van der Waals surface area contributed by atoms with Gasteiger partial charge in [-0.05, 0) is 229 Å². The fourth-order valence-electron chi connectivity index (χ4n) is 24.3. The Morgan fingerprint density at radius 2 is 0.781 bits per heavy atom. The Hall–Kier alpha value is -12.5. The molecular weight excluding hydrogens is 1600 g/mol. The number of rotatable bonds is 6. The zero-order valence-corrected chi connectivity index (χ0v) is 65.8. The molecule has 524 valence electrons. The summed E-state index contributed by atoms with van der Waals surface area (Å²) in [5.74, 6) is 2.71. The van der Waals surface area contributed by atoms with Gasteiger partial charge in [-0.2, -0.15) is 0 Å². The molecule has 0 N–H and O–H groups in total. The van der Waals surface area contributed by atoms with E-state index in [1.54, 1.807) is 11.1 Å². The van der Waals surface area contributed by atoms with E-state index in [4.69, 9.17) is 4.74 Å². The summed E-state index contributed by atoms with van der Waals surface area (Å²) in [5.41, 5.74) is 31.3. The van der Waals surface area contributed by atoms with Crippen LogP contribution in [0, 0.1) is 22.3 Å². The molecule has 0 aliphatic heterocycles. The zero-order chi connectivity index (χ0) is 73.7. The number of hydrogen-bond acceptors (Lipinski definition) is 1. The molecular formula is C111H59I2O-. The van der Waals surface area contributed by atoms with Gasteiger partial charge in [0.2, 0.25) is 0 Å². The summed E-state index contributed by atoms with van der Waals surface area (Å²) in [6.45, 7) is 2.30. The van der Waals surface area contributed by atoms with E-state index < -0.39 is 0 Å². The molecule has 0 saturated carbocycles. The van der Waals surface area contributed by atoms with Crippen molar-refractivity contribution < 1.29 is 22.0 Å². The molecule has 0 radical (unpaired) electrons. The maximum atomic E-state index is 6.95. The third-order valence-corrected chi connectivity index (χ3v) is 32.8. The summed E-state index contributed by atoms with van der Waals surface area (Å²) >= 11 is 2.56. The van der Waals surface area contributed by atoms with E-state index in [0.717, 1.165) is 17.1 Å². The fourth-order valence-corrected chi connectivity index (χ4v) is 26.7. The maximum absolute atomic E-state index is 6.95. The van der Waals surface area contributed by atoms with Crippen molar-refractivity contribution >= 4 is 186 Å². The first-order chi connectivity index (χ1) is 56.5. The van der Waals surface area contributed by atoms with Gasteiger partial charge < -0.3 is 4.74 Å². The average Bonchev–Trinajstić information content (AvgIpc) is 1.48.